The van der Waals surface area contributed by atoms with E-state index in [0.717, 1.165) is 58.4 Å². The van der Waals surface area contributed by atoms with Crippen LogP contribution < -0.4 is 0 Å². The van der Waals surface area contributed by atoms with Crippen molar-refractivity contribution in [2.24, 2.45) is 7.05 Å². The smallest absolute Gasteiger partial charge is 0.238 e. The topological polar surface area (TPSA) is 51.8 Å². The highest BCUT2D eigenvalue weighted by Crippen LogP contribution is 2.31. The number of aryl methyl sites for hydroxylation is 2. The third-order valence-electron chi connectivity index (χ3n) is 6.39. The van der Waals surface area contributed by atoms with Crippen LogP contribution in [0.15, 0.2) is 55.0 Å². The van der Waals surface area contributed by atoms with E-state index < -0.39 is 0 Å². The molecule has 5 aromatic rings. The minimum Gasteiger partial charge on any atom is -0.335 e. The Morgan fingerprint density at radius 1 is 0.968 bits per heavy atom. The van der Waals surface area contributed by atoms with Gasteiger partial charge < -0.3 is 9.47 Å². The van der Waals surface area contributed by atoms with Crippen LogP contribution in [-0.2, 0) is 20.0 Å². The van der Waals surface area contributed by atoms with Crippen molar-refractivity contribution in [1.82, 2.24) is 29.0 Å². The van der Waals surface area contributed by atoms with E-state index in [1.54, 1.807) is 0 Å². The fourth-order valence-corrected chi connectivity index (χ4v) is 4.64. The van der Waals surface area contributed by atoms with Crippen molar-refractivity contribution in [2.75, 3.05) is 13.6 Å². The third-order valence-corrected chi connectivity index (χ3v) is 6.39. The number of fused-ring (bicyclic) bond motifs is 3. The predicted octanol–water partition coefficient (Wildman–Crippen LogP) is 4.27. The summed E-state index contributed by atoms with van der Waals surface area (Å²) in [5, 5.41) is 1.07. The molecule has 0 aliphatic carbocycles. The maximum Gasteiger partial charge on any atom is 0.238 e. The number of hydrogen-bond donors (Lipinski definition) is 0. The van der Waals surface area contributed by atoms with E-state index in [0.29, 0.717) is 5.95 Å². The molecule has 0 spiro atoms. The van der Waals surface area contributed by atoms with Crippen LogP contribution in [0.3, 0.4) is 0 Å². The molecule has 3 aromatic heterocycles. The number of likely N-dealkylation sites (N-methyl/N-ethyl adjacent to an activating group) is 1. The van der Waals surface area contributed by atoms with Crippen LogP contribution in [0.2, 0.25) is 0 Å². The lowest BCUT2D eigenvalue weighted by atomic mass is 9.96. The van der Waals surface area contributed by atoms with Gasteiger partial charge in [-0.3, -0.25) is 4.57 Å². The van der Waals surface area contributed by atoms with E-state index >= 15 is 0 Å². The molecule has 4 heterocycles. The van der Waals surface area contributed by atoms with Crippen molar-refractivity contribution in [3.8, 4) is 17.2 Å². The van der Waals surface area contributed by atoms with E-state index in [9.17, 15) is 0 Å². The van der Waals surface area contributed by atoms with Crippen molar-refractivity contribution < 1.29 is 0 Å². The molecule has 0 saturated carbocycles. The molecule has 0 fully saturated rings. The van der Waals surface area contributed by atoms with Crippen LogP contribution >= 0.6 is 0 Å². The summed E-state index contributed by atoms with van der Waals surface area (Å²) in [5.74, 6) is 0.648. The quantitative estimate of drug-likeness (QED) is 0.438. The zero-order valence-corrected chi connectivity index (χ0v) is 18.0. The monoisotopic (exact) mass is 408 g/mol. The Morgan fingerprint density at radius 2 is 1.87 bits per heavy atom. The van der Waals surface area contributed by atoms with Gasteiger partial charge in [0.05, 0.1) is 16.7 Å². The highest BCUT2D eigenvalue weighted by molar-refractivity contribution is 5.92. The summed E-state index contributed by atoms with van der Waals surface area (Å²) < 4.78 is 4.05. The molecular weight excluding hydrogens is 384 g/mol. The fourth-order valence-electron chi connectivity index (χ4n) is 4.64. The molecule has 6 nitrogen and oxygen atoms in total. The first-order chi connectivity index (χ1) is 15.1. The Bertz CT molecular complexity index is 1460. The van der Waals surface area contributed by atoms with E-state index in [4.69, 9.17) is 9.97 Å². The largest absolute Gasteiger partial charge is 0.335 e. The molecule has 0 N–H and O–H groups in total. The lowest BCUT2D eigenvalue weighted by Crippen LogP contribution is -2.26. The molecule has 2 aromatic carbocycles. The first-order valence-electron chi connectivity index (χ1n) is 10.7. The second-order valence-electron chi connectivity index (χ2n) is 8.56. The number of imidazole rings is 1. The molecule has 0 saturated heterocycles. The van der Waals surface area contributed by atoms with Gasteiger partial charge in [0.1, 0.15) is 12.0 Å². The van der Waals surface area contributed by atoms with Crippen molar-refractivity contribution in [1.29, 1.82) is 0 Å². The van der Waals surface area contributed by atoms with Gasteiger partial charge in [0.25, 0.3) is 0 Å². The van der Waals surface area contributed by atoms with Gasteiger partial charge in [-0.25, -0.2) is 9.97 Å². The van der Waals surface area contributed by atoms with Gasteiger partial charge in [-0.15, -0.1) is 0 Å². The Labute approximate surface area is 180 Å². The second kappa shape index (κ2) is 6.75. The Kier molecular flexibility index (Phi) is 3.98. The number of rotatable bonds is 2. The first kappa shape index (κ1) is 18.3. The standard InChI is InChI=1S/C25H24N6/c1-16-5-4-6-21-22(16)26-15-31(21)25-27-23(20-10-12-30(3)24(20)28-25)18-7-8-19-14-29(2)11-9-17(19)13-18/h4-8,10,12-13,15H,9,11,14H2,1-3H3. The van der Waals surface area contributed by atoms with Gasteiger partial charge >= 0.3 is 0 Å². The molecule has 154 valence electrons. The summed E-state index contributed by atoms with van der Waals surface area (Å²) in [6.07, 6.45) is 4.95. The van der Waals surface area contributed by atoms with Gasteiger partial charge in [0.2, 0.25) is 5.95 Å². The fraction of sp³-hybridized carbons (Fsp3) is 0.240. The minimum absolute atomic E-state index is 0.648. The Balaban J connectivity index is 1.58. The van der Waals surface area contributed by atoms with Crippen molar-refractivity contribution >= 4 is 22.1 Å². The van der Waals surface area contributed by atoms with Crippen LogP contribution in [0.5, 0.6) is 0 Å². The summed E-state index contributed by atoms with van der Waals surface area (Å²) in [6, 6.07) is 15.1. The predicted molar refractivity (Wildman–Crippen MR) is 123 cm³/mol. The number of aromatic nitrogens is 5. The molecule has 6 rings (SSSR count). The molecular formula is C25H24N6. The maximum absolute atomic E-state index is 5.06. The third kappa shape index (κ3) is 2.86. The summed E-state index contributed by atoms with van der Waals surface area (Å²) in [4.78, 5) is 17.0. The van der Waals surface area contributed by atoms with Gasteiger partial charge in [-0.1, -0.05) is 24.3 Å². The first-order valence-corrected chi connectivity index (χ1v) is 10.7. The normalized spacial score (nSPS) is 14.4. The van der Waals surface area contributed by atoms with Crippen LogP contribution in [0, 0.1) is 6.92 Å². The molecule has 0 amide bonds. The summed E-state index contributed by atoms with van der Waals surface area (Å²) >= 11 is 0. The summed E-state index contributed by atoms with van der Waals surface area (Å²) in [5.41, 5.74) is 9.02. The highest BCUT2D eigenvalue weighted by Gasteiger charge is 2.18. The van der Waals surface area contributed by atoms with Crippen molar-refractivity contribution in [2.45, 2.75) is 19.9 Å². The summed E-state index contributed by atoms with van der Waals surface area (Å²) in [7, 11) is 4.21. The number of benzene rings is 2. The van der Waals surface area contributed by atoms with Crippen LogP contribution in [0.25, 0.3) is 39.3 Å². The Hall–Kier alpha value is -3.51. The highest BCUT2D eigenvalue weighted by atomic mass is 15.2. The maximum atomic E-state index is 5.06. The molecule has 0 atom stereocenters. The number of nitrogens with zero attached hydrogens (tertiary/aromatic N) is 6. The molecule has 0 bridgehead atoms. The van der Waals surface area contributed by atoms with E-state index in [-0.39, 0.29) is 0 Å². The zero-order chi connectivity index (χ0) is 21.1. The molecule has 0 unspecified atom stereocenters. The van der Waals surface area contributed by atoms with Crippen molar-refractivity contribution in [3.63, 3.8) is 0 Å². The Morgan fingerprint density at radius 3 is 2.77 bits per heavy atom. The van der Waals surface area contributed by atoms with Gasteiger partial charge in [-0.05, 0) is 55.3 Å². The summed E-state index contributed by atoms with van der Waals surface area (Å²) in [6.45, 7) is 4.18. The van der Waals surface area contributed by atoms with Crippen LogP contribution in [0.4, 0.5) is 0 Å². The van der Waals surface area contributed by atoms with E-state index in [1.807, 2.05) is 17.9 Å². The lowest BCUT2D eigenvalue weighted by molar-refractivity contribution is 0.313. The lowest BCUT2D eigenvalue weighted by Gasteiger charge is -2.25. The second-order valence-corrected chi connectivity index (χ2v) is 8.56. The minimum atomic E-state index is 0.648. The van der Waals surface area contributed by atoms with E-state index in [2.05, 4.69) is 77.1 Å². The molecule has 1 aliphatic heterocycles. The zero-order valence-electron chi connectivity index (χ0n) is 18.0. The number of para-hydroxylation sites is 1. The average molecular weight is 409 g/mol. The van der Waals surface area contributed by atoms with Crippen molar-refractivity contribution in [3.05, 3.63) is 71.7 Å². The van der Waals surface area contributed by atoms with Gasteiger partial charge in [0, 0.05) is 37.3 Å². The molecule has 31 heavy (non-hydrogen) atoms. The van der Waals surface area contributed by atoms with Gasteiger partial charge in [-0.2, -0.15) is 4.98 Å². The number of hydrogen-bond acceptors (Lipinski definition) is 4. The van der Waals surface area contributed by atoms with Crippen LogP contribution in [0.1, 0.15) is 16.7 Å². The molecule has 1 aliphatic rings. The average Bonchev–Trinajstić information content (AvgIpc) is 3.38. The van der Waals surface area contributed by atoms with Gasteiger partial charge in [0.15, 0.2) is 0 Å². The van der Waals surface area contributed by atoms with Crippen LogP contribution in [-0.4, -0.2) is 42.6 Å². The molecule has 6 heteroatoms. The van der Waals surface area contributed by atoms with E-state index in [1.165, 1.54) is 11.1 Å². The molecule has 0 radical (unpaired) electrons. The SMILES string of the molecule is Cc1cccc2c1ncn2-c1nc(-c2ccc3c(c2)CCN(C)C3)c2ccn(C)c2n1.